The Morgan fingerprint density at radius 1 is 1.16 bits per heavy atom. The molecular formula is C40H56F3N5O2. The molecule has 50 heavy (non-hydrogen) atoms. The van der Waals surface area contributed by atoms with E-state index >= 15 is 0 Å². The van der Waals surface area contributed by atoms with Crippen molar-refractivity contribution in [2.45, 2.75) is 92.5 Å². The zero-order valence-corrected chi connectivity index (χ0v) is 31.1. The number of carbonyl (C=O) groups is 1. The quantitative estimate of drug-likeness (QED) is 0.139. The molecule has 1 atom stereocenters. The number of alkyl halides is 3. The van der Waals surface area contributed by atoms with Gasteiger partial charge in [-0.3, -0.25) is 4.79 Å². The second-order valence-electron chi connectivity index (χ2n) is 12.1. The minimum atomic E-state index is -4.00. The van der Waals surface area contributed by atoms with E-state index in [2.05, 4.69) is 104 Å². The first-order valence-corrected chi connectivity index (χ1v) is 16.7. The molecule has 1 aromatic carbocycles. The average molecular weight is 696 g/mol. The number of aromatic nitrogens is 2. The second kappa shape index (κ2) is 22.1. The van der Waals surface area contributed by atoms with Gasteiger partial charge in [0.05, 0.1) is 25.0 Å². The number of aryl methyl sites for hydroxylation is 1. The second-order valence-corrected chi connectivity index (χ2v) is 12.1. The van der Waals surface area contributed by atoms with Gasteiger partial charge in [0.25, 0.3) is 0 Å². The van der Waals surface area contributed by atoms with Gasteiger partial charge in [0.2, 0.25) is 5.91 Å². The van der Waals surface area contributed by atoms with Crippen molar-refractivity contribution in [3.8, 4) is 5.75 Å². The van der Waals surface area contributed by atoms with Crippen LogP contribution in [0.4, 0.5) is 13.2 Å². The summed E-state index contributed by atoms with van der Waals surface area (Å²) in [5, 5.41) is 5.53. The number of methoxy groups -OCH3 is 1. The van der Waals surface area contributed by atoms with Crippen molar-refractivity contribution >= 4 is 17.7 Å². The van der Waals surface area contributed by atoms with Crippen LogP contribution in [0.5, 0.6) is 5.75 Å². The Bertz CT molecular complexity index is 1540. The van der Waals surface area contributed by atoms with Crippen LogP contribution in [-0.4, -0.2) is 46.7 Å². The lowest BCUT2D eigenvalue weighted by molar-refractivity contribution is -0.120. The number of halogens is 3. The first-order valence-electron chi connectivity index (χ1n) is 16.7. The number of carbonyl (C=O) groups excluding carboxylic acids is 1. The van der Waals surface area contributed by atoms with Crippen molar-refractivity contribution in [1.82, 2.24) is 25.1 Å². The van der Waals surface area contributed by atoms with Crippen molar-refractivity contribution in [3.05, 3.63) is 120 Å². The highest BCUT2D eigenvalue weighted by molar-refractivity contribution is 5.86. The number of nitrogens with one attached hydrogen (secondary N) is 2. The van der Waals surface area contributed by atoms with Crippen LogP contribution < -0.4 is 15.4 Å². The van der Waals surface area contributed by atoms with E-state index in [1.54, 1.807) is 13.2 Å². The topological polar surface area (TPSA) is 71.4 Å². The van der Waals surface area contributed by atoms with E-state index in [4.69, 9.17) is 4.74 Å². The number of imidazole rings is 1. The van der Waals surface area contributed by atoms with Gasteiger partial charge in [0, 0.05) is 44.0 Å². The van der Waals surface area contributed by atoms with Gasteiger partial charge in [-0.05, 0) is 69.9 Å². The fourth-order valence-electron chi connectivity index (χ4n) is 4.76. The summed E-state index contributed by atoms with van der Waals surface area (Å²) < 4.78 is 38.5. The molecule has 7 nitrogen and oxygen atoms in total. The lowest BCUT2D eigenvalue weighted by atomic mass is 10.1. The Kier molecular flexibility index (Phi) is 19.1. The molecule has 4 rings (SSSR count). The Morgan fingerprint density at radius 3 is 2.38 bits per heavy atom. The molecule has 10 heteroatoms. The van der Waals surface area contributed by atoms with Crippen LogP contribution >= 0.6 is 0 Å². The summed E-state index contributed by atoms with van der Waals surface area (Å²) in [5.74, 6) is 1.51. The zero-order valence-electron chi connectivity index (χ0n) is 31.1. The van der Waals surface area contributed by atoms with Gasteiger partial charge in [-0.15, -0.1) is 0 Å². The molecule has 0 saturated carbocycles. The highest BCUT2D eigenvalue weighted by Gasteiger charge is 2.24. The lowest BCUT2D eigenvalue weighted by Crippen LogP contribution is -2.27. The molecule has 1 aromatic heterocycles. The van der Waals surface area contributed by atoms with Gasteiger partial charge in [-0.25, -0.2) is 4.98 Å². The van der Waals surface area contributed by atoms with Crippen LogP contribution in [0.3, 0.4) is 0 Å². The van der Waals surface area contributed by atoms with Crippen LogP contribution in [0, 0.1) is 6.92 Å². The van der Waals surface area contributed by atoms with Gasteiger partial charge < -0.3 is 24.8 Å². The molecule has 0 spiro atoms. The molecule has 1 fully saturated rings. The molecule has 0 aliphatic carbocycles. The third-order valence-electron chi connectivity index (χ3n) is 7.54. The van der Waals surface area contributed by atoms with Gasteiger partial charge in [0.1, 0.15) is 11.8 Å². The maximum absolute atomic E-state index is 11.0. The molecule has 1 amide bonds. The normalized spacial score (nSPS) is 15.8. The Hall–Kier alpha value is -4.73. The van der Waals surface area contributed by atoms with Crippen LogP contribution in [-0.2, 0) is 17.9 Å². The van der Waals surface area contributed by atoms with E-state index in [1.165, 1.54) is 47.2 Å². The minimum absolute atomic E-state index is 0.00750. The van der Waals surface area contributed by atoms with E-state index in [1.807, 2.05) is 43.6 Å². The van der Waals surface area contributed by atoms with Crippen molar-refractivity contribution in [1.29, 1.82) is 0 Å². The van der Waals surface area contributed by atoms with Crippen LogP contribution in [0.2, 0.25) is 0 Å². The number of ether oxygens (including phenoxy) is 1. The van der Waals surface area contributed by atoms with Crippen LogP contribution in [0.1, 0.15) is 82.8 Å². The third-order valence-corrected chi connectivity index (χ3v) is 7.54. The summed E-state index contributed by atoms with van der Waals surface area (Å²) in [6.45, 7) is 24.0. The predicted molar refractivity (Wildman–Crippen MR) is 202 cm³/mol. The maximum Gasteiger partial charge on any atom is 0.386 e. The molecule has 3 heterocycles. The van der Waals surface area contributed by atoms with Crippen molar-refractivity contribution in [2.75, 3.05) is 14.2 Å². The number of rotatable bonds is 11. The van der Waals surface area contributed by atoms with Gasteiger partial charge in [0.15, 0.2) is 0 Å². The van der Waals surface area contributed by atoms with Gasteiger partial charge >= 0.3 is 6.18 Å². The largest absolute Gasteiger partial charge is 0.497 e. The SMILES string of the molecule is C=C/C=C(C)/C=C/C(C)=C\c1ncn(CCCCC)c1C.C=C1NC(=O)C(C/C=C\C)N1.C=C1c2cc(OC)ccc2CN1C.CC(F)(F)F. The minimum Gasteiger partial charge on any atom is -0.497 e. The molecule has 0 radical (unpaired) electrons. The number of hydrogen-bond donors (Lipinski definition) is 2. The Labute approximate surface area is 297 Å². The van der Waals surface area contributed by atoms with E-state index in [0.29, 0.717) is 5.82 Å². The molecule has 2 N–H and O–H groups in total. The van der Waals surface area contributed by atoms with Crippen molar-refractivity contribution < 1.29 is 22.7 Å². The van der Waals surface area contributed by atoms with Crippen LogP contribution in [0.25, 0.3) is 11.8 Å². The average Bonchev–Trinajstić information content (AvgIpc) is 3.67. The predicted octanol–water partition coefficient (Wildman–Crippen LogP) is 9.67. The molecule has 0 bridgehead atoms. The molecule has 2 aromatic rings. The number of fused-ring (bicyclic) bond motifs is 1. The van der Waals surface area contributed by atoms with Crippen LogP contribution in [0.15, 0.2) is 97.7 Å². The molecule has 1 unspecified atom stereocenters. The highest BCUT2D eigenvalue weighted by atomic mass is 19.4. The van der Waals surface area contributed by atoms with E-state index in [-0.39, 0.29) is 18.9 Å². The Balaban J connectivity index is 0.000000368. The summed E-state index contributed by atoms with van der Waals surface area (Å²) in [5.41, 5.74) is 8.33. The van der Waals surface area contributed by atoms with E-state index in [9.17, 15) is 18.0 Å². The van der Waals surface area contributed by atoms with Gasteiger partial charge in [-0.2, -0.15) is 13.2 Å². The Morgan fingerprint density at radius 2 is 1.82 bits per heavy atom. The number of hydrogen-bond acceptors (Lipinski definition) is 5. The molecule has 2 aliphatic rings. The number of unbranched alkanes of at least 4 members (excludes halogenated alkanes) is 2. The molecule has 2 aliphatic heterocycles. The first kappa shape index (κ1) is 43.3. The van der Waals surface area contributed by atoms with Crippen molar-refractivity contribution in [3.63, 3.8) is 0 Å². The smallest absolute Gasteiger partial charge is 0.386 e. The standard InChI is InChI=1S/C19H28N2.C11H13NO.C8H12N2O.C2H3F3/c1-6-8-9-13-21-15-20-19(18(21)5)14-17(4)12-11-16(3)10-7-2;1-8-11-6-10(13-3)5-4-9(11)7-12(8)2;1-3-4-5-7-8(11)10-6(2)9-7;1-2(3,4)5/h7,10-12,14-15H,2,6,8-9,13H2,1,3-5H3;4-6H,1,7H2,2-3H3;3-4,7,9H,2,5H2,1H3,(H,10,11);1H3/b12-11+,16-10+,17-14-;;4-3-;. The van der Waals surface area contributed by atoms with Crippen molar-refractivity contribution in [2.24, 2.45) is 0 Å². The number of benzene rings is 1. The molecule has 274 valence electrons. The summed E-state index contributed by atoms with van der Waals surface area (Å²) >= 11 is 0. The van der Waals surface area contributed by atoms with Gasteiger partial charge in [-0.1, -0.05) is 87.6 Å². The fraction of sp³-hybridized carbons (Fsp3) is 0.400. The summed E-state index contributed by atoms with van der Waals surface area (Å²) in [7, 11) is 3.73. The number of amides is 1. The molecular weight excluding hydrogens is 639 g/mol. The summed E-state index contributed by atoms with van der Waals surface area (Å²) in [6, 6.07) is 6.01. The first-order chi connectivity index (χ1) is 23.5. The lowest BCUT2D eigenvalue weighted by Gasteiger charge is -2.10. The number of allylic oxidation sites excluding steroid dienone is 7. The summed E-state index contributed by atoms with van der Waals surface area (Å²) in [4.78, 5) is 17.7. The third kappa shape index (κ3) is 16.6. The molecule has 1 saturated heterocycles. The number of nitrogens with zero attached hydrogens (tertiary/aromatic N) is 3. The monoisotopic (exact) mass is 695 g/mol. The van der Waals surface area contributed by atoms with E-state index < -0.39 is 6.18 Å². The highest BCUT2D eigenvalue weighted by Crippen LogP contribution is 2.32. The van der Waals surface area contributed by atoms with E-state index in [0.717, 1.165) is 36.7 Å². The summed E-state index contributed by atoms with van der Waals surface area (Å²) in [6.07, 6.45) is 16.5. The maximum atomic E-state index is 11.0. The fourth-order valence-corrected chi connectivity index (χ4v) is 4.76. The zero-order chi connectivity index (χ0) is 37.9.